The van der Waals surface area contributed by atoms with Gasteiger partial charge in [0.25, 0.3) is 5.69 Å². The van der Waals surface area contributed by atoms with E-state index in [1.165, 1.54) is 23.9 Å². The first-order valence-corrected chi connectivity index (χ1v) is 9.86. The van der Waals surface area contributed by atoms with Gasteiger partial charge in [0.05, 0.1) is 11.0 Å². The molecule has 29 heavy (non-hydrogen) atoms. The van der Waals surface area contributed by atoms with Gasteiger partial charge in [-0.25, -0.2) is 0 Å². The van der Waals surface area contributed by atoms with Crippen molar-refractivity contribution in [2.75, 3.05) is 5.32 Å². The third-order valence-electron chi connectivity index (χ3n) is 4.36. The highest BCUT2D eigenvalue weighted by atomic mass is 32.2. The summed E-state index contributed by atoms with van der Waals surface area (Å²) < 4.78 is 0. The molecule has 0 radical (unpaired) electrons. The Kier molecular flexibility index (Phi) is 6.28. The number of carbonyl (C=O) groups is 2. The molecule has 150 valence electrons. The van der Waals surface area contributed by atoms with Gasteiger partial charge in [-0.1, -0.05) is 48.2 Å². The molecule has 8 nitrogen and oxygen atoms in total. The summed E-state index contributed by atoms with van der Waals surface area (Å²) in [6.45, 7) is 3.65. The fraction of sp³-hybridized carbons (Fsp3) is 0.250. The first kappa shape index (κ1) is 20.5. The molecule has 1 heterocycles. The van der Waals surface area contributed by atoms with Crippen molar-refractivity contribution < 1.29 is 14.5 Å². The summed E-state index contributed by atoms with van der Waals surface area (Å²) in [4.78, 5) is 39.7. The molecule has 0 unspecified atom stereocenters. The molecule has 2 amide bonds. The molecule has 9 heteroatoms. The van der Waals surface area contributed by atoms with Gasteiger partial charge in [0.15, 0.2) is 5.17 Å². The van der Waals surface area contributed by atoms with Crippen LogP contribution in [0.1, 0.15) is 30.5 Å². The third kappa shape index (κ3) is 5.20. The lowest BCUT2D eigenvalue weighted by molar-refractivity contribution is -0.384. The van der Waals surface area contributed by atoms with Crippen molar-refractivity contribution in [3.05, 3.63) is 69.8 Å². The fourth-order valence-corrected chi connectivity index (χ4v) is 3.90. The van der Waals surface area contributed by atoms with Gasteiger partial charge in [0.2, 0.25) is 11.8 Å². The Morgan fingerprint density at radius 2 is 2.03 bits per heavy atom. The van der Waals surface area contributed by atoms with Crippen LogP contribution in [-0.2, 0) is 9.59 Å². The average molecular weight is 412 g/mol. The largest absolute Gasteiger partial charge is 0.320 e. The number of hydrogen-bond donors (Lipinski definition) is 2. The molecule has 0 spiro atoms. The van der Waals surface area contributed by atoms with E-state index in [1.807, 2.05) is 37.3 Å². The smallest absolute Gasteiger partial charge is 0.293 e. The van der Waals surface area contributed by atoms with Gasteiger partial charge in [0, 0.05) is 12.5 Å². The quantitative estimate of drug-likeness (QED) is 0.556. The number of anilines is 1. The van der Waals surface area contributed by atoms with Gasteiger partial charge in [-0.2, -0.15) is 0 Å². The zero-order valence-corrected chi connectivity index (χ0v) is 16.7. The van der Waals surface area contributed by atoms with Crippen molar-refractivity contribution >= 4 is 40.1 Å². The van der Waals surface area contributed by atoms with Crippen LogP contribution in [0.5, 0.6) is 0 Å². The summed E-state index contributed by atoms with van der Waals surface area (Å²) in [7, 11) is 0. The van der Waals surface area contributed by atoms with Crippen LogP contribution in [0.15, 0.2) is 53.5 Å². The lowest BCUT2D eigenvalue weighted by Crippen LogP contribution is -2.28. The average Bonchev–Trinajstić information content (AvgIpc) is 3.02. The highest BCUT2D eigenvalue weighted by Crippen LogP contribution is 2.28. The Morgan fingerprint density at radius 1 is 1.31 bits per heavy atom. The molecule has 1 aliphatic heterocycles. The van der Waals surface area contributed by atoms with Crippen LogP contribution in [0.25, 0.3) is 0 Å². The van der Waals surface area contributed by atoms with Crippen LogP contribution < -0.4 is 10.6 Å². The SMILES string of the molecule is Cc1ccc(NC(=O)C[C@@H]2SC(=N[C@H](C)c3ccccc3)NC2=O)c([N+](=O)[O-])c1. The number of aliphatic imine (C=N–C) groups is 1. The molecule has 2 aromatic rings. The number of nitro groups is 1. The van der Waals surface area contributed by atoms with Crippen LogP contribution in [-0.4, -0.2) is 27.2 Å². The first-order chi connectivity index (χ1) is 13.8. The van der Waals surface area contributed by atoms with E-state index < -0.39 is 16.1 Å². The van der Waals surface area contributed by atoms with E-state index in [-0.39, 0.29) is 29.7 Å². The van der Waals surface area contributed by atoms with Crippen LogP contribution in [0, 0.1) is 17.0 Å². The molecule has 2 aromatic carbocycles. The predicted octanol–water partition coefficient (Wildman–Crippen LogP) is 3.58. The topological polar surface area (TPSA) is 114 Å². The van der Waals surface area contributed by atoms with Gasteiger partial charge >= 0.3 is 0 Å². The summed E-state index contributed by atoms with van der Waals surface area (Å²) in [5.41, 5.74) is 1.66. The normalized spacial score (nSPS) is 18.3. The summed E-state index contributed by atoms with van der Waals surface area (Å²) >= 11 is 1.19. The van der Waals surface area contributed by atoms with Gasteiger partial charge in [0.1, 0.15) is 10.9 Å². The Hall–Kier alpha value is -3.20. The Bertz CT molecular complexity index is 978. The molecule has 0 aliphatic carbocycles. The zero-order valence-electron chi connectivity index (χ0n) is 15.9. The summed E-state index contributed by atoms with van der Waals surface area (Å²) in [5.74, 6) is -0.774. The van der Waals surface area contributed by atoms with Crippen molar-refractivity contribution in [3.63, 3.8) is 0 Å². The summed E-state index contributed by atoms with van der Waals surface area (Å²) in [5, 5.41) is 16.2. The van der Waals surface area contributed by atoms with E-state index in [1.54, 1.807) is 13.0 Å². The first-order valence-electron chi connectivity index (χ1n) is 8.98. The monoisotopic (exact) mass is 412 g/mol. The lowest BCUT2D eigenvalue weighted by atomic mass is 10.1. The minimum Gasteiger partial charge on any atom is -0.320 e. The molecule has 0 saturated carbocycles. The molecule has 1 fully saturated rings. The maximum Gasteiger partial charge on any atom is 0.293 e. The number of thioether (sulfide) groups is 1. The van der Waals surface area contributed by atoms with Crippen molar-refractivity contribution in [2.45, 2.75) is 31.6 Å². The second-order valence-corrected chi connectivity index (χ2v) is 7.84. The summed E-state index contributed by atoms with van der Waals surface area (Å²) in [6, 6.07) is 14.1. The Labute approximate surface area is 171 Å². The minimum atomic E-state index is -0.638. The van der Waals surface area contributed by atoms with E-state index in [0.717, 1.165) is 5.56 Å². The zero-order chi connectivity index (χ0) is 21.0. The standard InChI is InChI=1S/C20H20N4O4S/c1-12-8-9-15(16(10-12)24(27)28)22-18(25)11-17-19(26)23-20(29-17)21-13(2)14-6-4-3-5-7-14/h3-10,13,17H,11H2,1-2H3,(H,22,25)(H,21,23,26)/t13-,17+/m1/s1. The number of nitro benzene ring substituents is 1. The number of amides is 2. The van der Waals surface area contributed by atoms with E-state index in [4.69, 9.17) is 0 Å². The highest BCUT2D eigenvalue weighted by molar-refractivity contribution is 8.15. The van der Waals surface area contributed by atoms with E-state index in [0.29, 0.717) is 10.7 Å². The van der Waals surface area contributed by atoms with E-state index in [9.17, 15) is 19.7 Å². The van der Waals surface area contributed by atoms with Crippen LogP contribution in [0.4, 0.5) is 11.4 Å². The second-order valence-electron chi connectivity index (χ2n) is 6.65. The number of amidine groups is 1. The van der Waals surface area contributed by atoms with Crippen molar-refractivity contribution in [2.24, 2.45) is 4.99 Å². The highest BCUT2D eigenvalue weighted by Gasteiger charge is 2.32. The molecule has 0 bridgehead atoms. The Morgan fingerprint density at radius 3 is 2.72 bits per heavy atom. The van der Waals surface area contributed by atoms with Crippen molar-refractivity contribution in [1.29, 1.82) is 0 Å². The number of hydrogen-bond acceptors (Lipinski definition) is 6. The van der Waals surface area contributed by atoms with E-state index in [2.05, 4.69) is 15.6 Å². The van der Waals surface area contributed by atoms with Gasteiger partial charge in [-0.05, 0) is 31.0 Å². The molecule has 0 aromatic heterocycles. The number of rotatable bonds is 6. The lowest BCUT2D eigenvalue weighted by Gasteiger charge is -2.09. The van der Waals surface area contributed by atoms with Crippen molar-refractivity contribution in [1.82, 2.24) is 5.32 Å². The number of carbonyl (C=O) groups excluding carboxylic acids is 2. The third-order valence-corrected chi connectivity index (χ3v) is 5.46. The molecule has 2 atom stereocenters. The molecule has 3 rings (SSSR count). The summed E-state index contributed by atoms with van der Waals surface area (Å²) in [6.07, 6.45) is -0.111. The Balaban J connectivity index is 1.64. The van der Waals surface area contributed by atoms with Crippen LogP contribution in [0.3, 0.4) is 0 Å². The number of aryl methyl sites for hydroxylation is 1. The van der Waals surface area contributed by atoms with Crippen LogP contribution in [0.2, 0.25) is 0 Å². The molecule has 1 saturated heterocycles. The van der Waals surface area contributed by atoms with Gasteiger partial charge < -0.3 is 10.6 Å². The molecular weight excluding hydrogens is 392 g/mol. The maximum absolute atomic E-state index is 12.4. The maximum atomic E-state index is 12.4. The number of benzene rings is 2. The minimum absolute atomic E-state index is 0.111. The predicted molar refractivity (Wildman–Crippen MR) is 113 cm³/mol. The molecular formula is C20H20N4O4S. The fourth-order valence-electron chi connectivity index (χ4n) is 2.85. The molecule has 2 N–H and O–H groups in total. The van der Waals surface area contributed by atoms with Gasteiger partial charge in [-0.3, -0.25) is 24.7 Å². The molecule has 1 aliphatic rings. The second kappa shape index (κ2) is 8.87. The van der Waals surface area contributed by atoms with Crippen molar-refractivity contribution in [3.8, 4) is 0 Å². The van der Waals surface area contributed by atoms with E-state index >= 15 is 0 Å². The number of nitrogens with zero attached hydrogens (tertiary/aromatic N) is 2. The van der Waals surface area contributed by atoms with Gasteiger partial charge in [-0.15, -0.1) is 0 Å². The van der Waals surface area contributed by atoms with Crippen LogP contribution >= 0.6 is 11.8 Å². The number of nitrogens with one attached hydrogen (secondary N) is 2.